The van der Waals surface area contributed by atoms with Gasteiger partial charge in [0.2, 0.25) is 0 Å². The van der Waals surface area contributed by atoms with Crippen LogP contribution in [0, 0.1) is 0 Å². The zero-order valence-electron chi connectivity index (χ0n) is 13.5. The molecule has 0 aliphatic carbocycles. The van der Waals surface area contributed by atoms with Gasteiger partial charge < -0.3 is 14.8 Å². The maximum Gasteiger partial charge on any atom is 0.275 e. The summed E-state index contributed by atoms with van der Waals surface area (Å²) in [6.07, 6.45) is 4.85. The van der Waals surface area contributed by atoms with Gasteiger partial charge in [-0.25, -0.2) is 4.98 Å². The van der Waals surface area contributed by atoms with Crippen LogP contribution in [0.25, 0.3) is 15.2 Å². The molecule has 126 valence electrons. The van der Waals surface area contributed by atoms with Crippen molar-refractivity contribution in [3.8, 4) is 11.5 Å². The van der Waals surface area contributed by atoms with Gasteiger partial charge in [-0.1, -0.05) is 11.3 Å². The first-order valence-corrected chi connectivity index (χ1v) is 8.25. The maximum absolute atomic E-state index is 12.4. The van der Waals surface area contributed by atoms with E-state index in [0.717, 1.165) is 20.9 Å². The SMILES string of the molecule is COc1cncc(NC(=O)c2cn3c(n2)sc2cc(OC)ccc23)c1. The van der Waals surface area contributed by atoms with Gasteiger partial charge in [-0.3, -0.25) is 14.2 Å². The molecule has 7 nitrogen and oxygen atoms in total. The lowest BCUT2D eigenvalue weighted by molar-refractivity contribution is 0.102. The van der Waals surface area contributed by atoms with Crippen molar-refractivity contribution < 1.29 is 14.3 Å². The van der Waals surface area contributed by atoms with Gasteiger partial charge in [0, 0.05) is 12.3 Å². The molecule has 0 aliphatic heterocycles. The summed E-state index contributed by atoms with van der Waals surface area (Å²) in [6.45, 7) is 0. The Kier molecular flexibility index (Phi) is 3.73. The third-order valence-electron chi connectivity index (χ3n) is 3.74. The molecule has 0 aliphatic rings. The average Bonchev–Trinajstić information content (AvgIpc) is 3.19. The Balaban J connectivity index is 1.65. The van der Waals surface area contributed by atoms with Gasteiger partial charge in [0.15, 0.2) is 4.96 Å². The summed E-state index contributed by atoms with van der Waals surface area (Å²) < 4.78 is 13.3. The second-order valence-electron chi connectivity index (χ2n) is 5.28. The van der Waals surface area contributed by atoms with E-state index in [1.807, 2.05) is 22.6 Å². The molecule has 4 rings (SSSR count). The maximum atomic E-state index is 12.4. The Morgan fingerprint density at radius 1 is 1.16 bits per heavy atom. The van der Waals surface area contributed by atoms with Gasteiger partial charge in [0.25, 0.3) is 5.91 Å². The fraction of sp³-hybridized carbons (Fsp3) is 0.118. The lowest BCUT2D eigenvalue weighted by atomic mass is 10.3. The van der Waals surface area contributed by atoms with Crippen molar-refractivity contribution in [3.63, 3.8) is 0 Å². The minimum atomic E-state index is -0.299. The summed E-state index contributed by atoms with van der Waals surface area (Å²) in [7, 11) is 3.18. The molecule has 1 aromatic carbocycles. The summed E-state index contributed by atoms with van der Waals surface area (Å²) in [5, 5.41) is 2.78. The van der Waals surface area contributed by atoms with E-state index in [1.54, 1.807) is 38.9 Å². The van der Waals surface area contributed by atoms with E-state index in [0.29, 0.717) is 17.1 Å². The van der Waals surface area contributed by atoms with Crippen molar-refractivity contribution in [2.45, 2.75) is 0 Å². The number of imidazole rings is 1. The first-order chi connectivity index (χ1) is 12.2. The van der Waals surface area contributed by atoms with Crippen LogP contribution in [0.5, 0.6) is 11.5 Å². The summed E-state index contributed by atoms with van der Waals surface area (Å²) in [5.74, 6) is 1.07. The molecule has 3 heterocycles. The molecular weight excluding hydrogens is 340 g/mol. The standard InChI is InChI=1S/C17H14N4O3S/c1-23-11-3-4-14-15(6-11)25-17-20-13(9-21(14)17)16(22)19-10-5-12(24-2)8-18-7-10/h3-9H,1-2H3,(H,19,22). The van der Waals surface area contributed by atoms with Crippen LogP contribution < -0.4 is 14.8 Å². The quantitative estimate of drug-likeness (QED) is 0.609. The lowest BCUT2D eigenvalue weighted by Gasteiger charge is -2.04. The van der Waals surface area contributed by atoms with Crippen LogP contribution in [0.1, 0.15) is 10.5 Å². The van der Waals surface area contributed by atoms with Crippen LogP contribution >= 0.6 is 11.3 Å². The Bertz CT molecular complexity index is 1090. The third-order valence-corrected chi connectivity index (χ3v) is 4.76. The fourth-order valence-corrected chi connectivity index (χ4v) is 3.55. The molecule has 25 heavy (non-hydrogen) atoms. The van der Waals surface area contributed by atoms with Crippen molar-refractivity contribution in [1.82, 2.24) is 14.4 Å². The smallest absolute Gasteiger partial charge is 0.275 e. The predicted octanol–water partition coefficient (Wildman–Crippen LogP) is 3.21. The number of methoxy groups -OCH3 is 2. The minimum Gasteiger partial charge on any atom is -0.497 e. The predicted molar refractivity (Wildman–Crippen MR) is 95.9 cm³/mol. The summed E-state index contributed by atoms with van der Waals surface area (Å²) in [4.78, 5) is 21.6. The summed E-state index contributed by atoms with van der Waals surface area (Å²) >= 11 is 1.50. The molecule has 0 spiro atoms. The number of carbonyl (C=O) groups is 1. The van der Waals surface area contributed by atoms with E-state index in [4.69, 9.17) is 9.47 Å². The van der Waals surface area contributed by atoms with Gasteiger partial charge in [-0.15, -0.1) is 0 Å². The van der Waals surface area contributed by atoms with Crippen LogP contribution in [0.4, 0.5) is 5.69 Å². The van der Waals surface area contributed by atoms with Crippen molar-refractivity contribution in [1.29, 1.82) is 0 Å². The number of anilines is 1. The number of rotatable bonds is 4. The molecule has 4 aromatic rings. The number of fused-ring (bicyclic) bond motifs is 3. The molecule has 8 heteroatoms. The highest BCUT2D eigenvalue weighted by Gasteiger charge is 2.15. The monoisotopic (exact) mass is 354 g/mol. The Morgan fingerprint density at radius 2 is 2.00 bits per heavy atom. The molecular formula is C17H14N4O3S. The number of hydrogen-bond acceptors (Lipinski definition) is 6. The number of aromatic nitrogens is 3. The zero-order chi connectivity index (χ0) is 17.4. The van der Waals surface area contributed by atoms with E-state index in [2.05, 4.69) is 15.3 Å². The number of pyridine rings is 1. The van der Waals surface area contributed by atoms with Crippen molar-refractivity contribution >= 4 is 38.1 Å². The highest BCUT2D eigenvalue weighted by atomic mass is 32.1. The van der Waals surface area contributed by atoms with Crippen LogP contribution in [0.3, 0.4) is 0 Å². The molecule has 0 radical (unpaired) electrons. The summed E-state index contributed by atoms with van der Waals surface area (Å²) in [6, 6.07) is 7.49. The lowest BCUT2D eigenvalue weighted by Crippen LogP contribution is -2.12. The number of amides is 1. The van der Waals surface area contributed by atoms with E-state index >= 15 is 0 Å². The first-order valence-electron chi connectivity index (χ1n) is 7.44. The van der Waals surface area contributed by atoms with Gasteiger partial charge >= 0.3 is 0 Å². The highest BCUT2D eigenvalue weighted by Crippen LogP contribution is 2.29. The van der Waals surface area contributed by atoms with Gasteiger partial charge in [-0.05, 0) is 18.2 Å². The highest BCUT2D eigenvalue weighted by molar-refractivity contribution is 7.23. The number of carbonyl (C=O) groups excluding carboxylic acids is 1. The second kappa shape index (κ2) is 6.06. The Hall–Kier alpha value is -3.13. The van der Waals surface area contributed by atoms with Crippen LogP contribution in [-0.4, -0.2) is 34.5 Å². The van der Waals surface area contributed by atoms with E-state index in [-0.39, 0.29) is 5.91 Å². The van der Waals surface area contributed by atoms with Crippen molar-refractivity contribution in [2.75, 3.05) is 19.5 Å². The molecule has 0 unspecified atom stereocenters. The first kappa shape index (κ1) is 15.4. The topological polar surface area (TPSA) is 77.8 Å². The van der Waals surface area contributed by atoms with E-state index < -0.39 is 0 Å². The largest absolute Gasteiger partial charge is 0.497 e. The number of nitrogens with zero attached hydrogens (tertiary/aromatic N) is 3. The molecule has 0 saturated heterocycles. The average molecular weight is 354 g/mol. The molecule has 1 N–H and O–H groups in total. The molecule has 1 amide bonds. The third kappa shape index (κ3) is 2.76. The van der Waals surface area contributed by atoms with Gasteiger partial charge in [0.1, 0.15) is 17.2 Å². The number of ether oxygens (including phenoxy) is 2. The second-order valence-corrected chi connectivity index (χ2v) is 6.29. The van der Waals surface area contributed by atoms with E-state index in [1.165, 1.54) is 11.3 Å². The minimum absolute atomic E-state index is 0.299. The summed E-state index contributed by atoms with van der Waals surface area (Å²) in [5.41, 5.74) is 1.87. The Labute approximate surface area is 146 Å². The molecule has 0 bridgehead atoms. The molecule has 0 atom stereocenters. The van der Waals surface area contributed by atoms with Crippen LogP contribution in [0.2, 0.25) is 0 Å². The van der Waals surface area contributed by atoms with Gasteiger partial charge in [0.05, 0.1) is 42.5 Å². The fourth-order valence-electron chi connectivity index (χ4n) is 2.51. The molecule has 0 saturated carbocycles. The number of thiazole rings is 1. The molecule has 0 fully saturated rings. The van der Waals surface area contributed by atoms with Crippen molar-refractivity contribution in [3.05, 3.63) is 48.5 Å². The van der Waals surface area contributed by atoms with Crippen LogP contribution in [0.15, 0.2) is 42.9 Å². The number of benzene rings is 1. The van der Waals surface area contributed by atoms with Gasteiger partial charge in [-0.2, -0.15) is 0 Å². The zero-order valence-corrected chi connectivity index (χ0v) is 14.3. The molecule has 3 aromatic heterocycles. The number of nitrogens with one attached hydrogen (secondary N) is 1. The van der Waals surface area contributed by atoms with Crippen molar-refractivity contribution in [2.24, 2.45) is 0 Å². The Morgan fingerprint density at radius 3 is 2.80 bits per heavy atom. The number of hydrogen-bond donors (Lipinski definition) is 1. The van der Waals surface area contributed by atoms with E-state index in [9.17, 15) is 4.79 Å². The van der Waals surface area contributed by atoms with Crippen LogP contribution in [-0.2, 0) is 0 Å². The normalized spacial score (nSPS) is 11.0.